The van der Waals surface area contributed by atoms with Gasteiger partial charge in [0.25, 0.3) is 0 Å². The number of nitrogens with one attached hydrogen (secondary N) is 1. The van der Waals surface area contributed by atoms with Crippen molar-refractivity contribution < 1.29 is 4.79 Å². The minimum atomic E-state index is -0.220. The van der Waals surface area contributed by atoms with E-state index in [1.54, 1.807) is 18.6 Å². The maximum Gasteiger partial charge on any atom is 0.244 e. The second-order valence-electron chi connectivity index (χ2n) is 11.2. The van der Waals surface area contributed by atoms with Crippen molar-refractivity contribution in [2.24, 2.45) is 0 Å². The summed E-state index contributed by atoms with van der Waals surface area (Å²) in [5.74, 6) is 1.79. The van der Waals surface area contributed by atoms with Gasteiger partial charge in [-0.25, -0.2) is 9.97 Å². The molecule has 190 valence electrons. The number of amides is 1. The highest BCUT2D eigenvalue weighted by molar-refractivity contribution is 5.95. The number of nitrogen functional groups attached to an aromatic ring is 2. The van der Waals surface area contributed by atoms with Crippen molar-refractivity contribution in [2.45, 2.75) is 58.0 Å². The van der Waals surface area contributed by atoms with E-state index in [0.29, 0.717) is 28.8 Å². The van der Waals surface area contributed by atoms with Crippen LogP contribution in [0.5, 0.6) is 0 Å². The molecule has 4 aromatic heterocycles. The number of aromatic nitrogens is 5. The van der Waals surface area contributed by atoms with E-state index in [1.165, 1.54) is 0 Å². The Balaban J connectivity index is 1.33. The Morgan fingerprint density at radius 2 is 1.84 bits per heavy atom. The molecule has 1 amide bonds. The number of nitrogens with two attached hydrogens (primary N) is 2. The van der Waals surface area contributed by atoms with Crippen LogP contribution in [0, 0.1) is 6.92 Å². The van der Waals surface area contributed by atoms with Gasteiger partial charge in [0, 0.05) is 52.6 Å². The largest absolute Gasteiger partial charge is 0.397 e. The Hall–Kier alpha value is -4.21. The maximum absolute atomic E-state index is 13.1. The molecule has 5 heterocycles. The Labute approximate surface area is 215 Å². The molecule has 4 aromatic rings. The van der Waals surface area contributed by atoms with E-state index >= 15 is 0 Å². The van der Waals surface area contributed by atoms with Crippen LogP contribution in [0.4, 0.5) is 23.1 Å². The van der Waals surface area contributed by atoms with Crippen molar-refractivity contribution in [1.82, 2.24) is 29.6 Å². The predicted octanol–water partition coefficient (Wildman–Crippen LogP) is 3.78. The van der Waals surface area contributed by atoms with Gasteiger partial charge >= 0.3 is 0 Å². The van der Waals surface area contributed by atoms with Crippen molar-refractivity contribution >= 4 is 39.8 Å². The van der Waals surface area contributed by atoms with E-state index in [1.807, 2.05) is 28.6 Å². The molecule has 37 heavy (non-hydrogen) atoms. The van der Waals surface area contributed by atoms with Crippen LogP contribution in [0.1, 0.15) is 44.9 Å². The summed E-state index contributed by atoms with van der Waals surface area (Å²) < 4.78 is 1.86. The number of carbonyl (C=O) groups is 1. The molecule has 1 saturated carbocycles. The van der Waals surface area contributed by atoms with Crippen LogP contribution < -0.4 is 16.8 Å². The average molecular weight is 498 g/mol. The number of hydrogen-bond acceptors (Lipinski definition) is 8. The van der Waals surface area contributed by atoms with Crippen LogP contribution in [0.2, 0.25) is 0 Å². The fourth-order valence-electron chi connectivity index (χ4n) is 5.20. The molecule has 2 aliphatic rings. The van der Waals surface area contributed by atoms with Crippen LogP contribution in [0.15, 0.2) is 36.8 Å². The van der Waals surface area contributed by atoms with E-state index < -0.39 is 0 Å². The van der Waals surface area contributed by atoms with E-state index in [0.717, 1.165) is 47.0 Å². The van der Waals surface area contributed by atoms with Crippen molar-refractivity contribution in [3.63, 3.8) is 0 Å². The number of carbonyl (C=O) groups excluding carboxylic acids is 1. The first-order valence-corrected chi connectivity index (χ1v) is 12.5. The normalized spacial score (nSPS) is 16.6. The molecule has 1 spiro atoms. The third-order valence-corrected chi connectivity index (χ3v) is 7.56. The second-order valence-corrected chi connectivity index (χ2v) is 11.2. The summed E-state index contributed by atoms with van der Waals surface area (Å²) in [5.41, 5.74) is 16.2. The lowest BCUT2D eigenvalue weighted by Crippen LogP contribution is -2.48. The first-order valence-electron chi connectivity index (χ1n) is 12.5. The van der Waals surface area contributed by atoms with Gasteiger partial charge in [0.15, 0.2) is 5.82 Å². The topological polar surface area (TPSA) is 141 Å². The molecule has 1 fully saturated rings. The lowest BCUT2D eigenvalue weighted by molar-refractivity contribution is -0.136. The van der Waals surface area contributed by atoms with Crippen LogP contribution in [0.25, 0.3) is 22.0 Å². The fraction of sp³-hybridized carbons (Fsp3) is 0.370. The summed E-state index contributed by atoms with van der Waals surface area (Å²) in [6, 6.07) is 5.95. The van der Waals surface area contributed by atoms with E-state index in [9.17, 15) is 4.79 Å². The molecule has 6 rings (SSSR count). The van der Waals surface area contributed by atoms with Gasteiger partial charge in [0.1, 0.15) is 18.2 Å². The van der Waals surface area contributed by atoms with E-state index in [-0.39, 0.29) is 23.4 Å². The Morgan fingerprint density at radius 1 is 1.05 bits per heavy atom. The first kappa shape index (κ1) is 23.2. The molecule has 0 radical (unpaired) electrons. The minimum Gasteiger partial charge on any atom is -0.397 e. The number of pyridine rings is 3. The molecule has 0 unspecified atom stereocenters. The predicted molar refractivity (Wildman–Crippen MR) is 144 cm³/mol. The van der Waals surface area contributed by atoms with Gasteiger partial charge in [-0.15, -0.1) is 0 Å². The summed E-state index contributed by atoms with van der Waals surface area (Å²) in [5, 5.41) is 9.73. The van der Waals surface area contributed by atoms with Gasteiger partial charge < -0.3 is 21.7 Å². The molecule has 1 aliphatic heterocycles. The quantitative estimate of drug-likeness (QED) is 0.388. The van der Waals surface area contributed by atoms with Gasteiger partial charge in [-0.05, 0) is 63.6 Å². The highest BCUT2D eigenvalue weighted by atomic mass is 16.2. The van der Waals surface area contributed by atoms with Crippen LogP contribution in [0.3, 0.4) is 0 Å². The molecule has 5 N–H and O–H groups in total. The van der Waals surface area contributed by atoms with E-state index in [2.05, 4.69) is 47.1 Å². The smallest absolute Gasteiger partial charge is 0.244 e. The van der Waals surface area contributed by atoms with Gasteiger partial charge in [-0.3, -0.25) is 14.5 Å². The summed E-state index contributed by atoms with van der Waals surface area (Å²) in [7, 11) is 0. The standard InChI is InChI=1S/C27H31N9O/c1-15-17(10-30-12-19(15)28)20-7-16-8-22(31-11-18(16)25(29)32-20)33-23-9-21-27(5-6-27)14-35(26(2,3)4)24(37)13-36(21)34-23/h7-12H,5-6,13-14,28H2,1-4H3,(H2,29,32)(H,31,33,34). The summed E-state index contributed by atoms with van der Waals surface area (Å²) in [6.45, 7) is 9.17. The van der Waals surface area contributed by atoms with Crippen LogP contribution in [-0.2, 0) is 16.8 Å². The number of nitrogens with zero attached hydrogens (tertiary/aromatic N) is 6. The van der Waals surface area contributed by atoms with Crippen molar-refractivity contribution in [3.05, 3.63) is 48.0 Å². The molecule has 1 aliphatic carbocycles. The summed E-state index contributed by atoms with van der Waals surface area (Å²) in [6.07, 6.45) is 7.19. The molecule has 0 aromatic carbocycles. The first-order chi connectivity index (χ1) is 17.5. The molecular weight excluding hydrogens is 466 g/mol. The highest BCUT2D eigenvalue weighted by Crippen LogP contribution is 2.51. The number of fused-ring (bicyclic) bond motifs is 3. The second kappa shape index (κ2) is 7.89. The molecular formula is C27H31N9O. The molecule has 0 atom stereocenters. The zero-order chi connectivity index (χ0) is 26.1. The van der Waals surface area contributed by atoms with Crippen molar-refractivity contribution in [2.75, 3.05) is 23.3 Å². The van der Waals surface area contributed by atoms with Gasteiger partial charge in [0.2, 0.25) is 5.91 Å². The van der Waals surface area contributed by atoms with Gasteiger partial charge in [-0.2, -0.15) is 5.10 Å². The number of anilines is 4. The van der Waals surface area contributed by atoms with Crippen LogP contribution >= 0.6 is 0 Å². The minimum absolute atomic E-state index is 0.0262. The zero-order valence-corrected chi connectivity index (χ0v) is 21.5. The summed E-state index contributed by atoms with van der Waals surface area (Å²) >= 11 is 0. The van der Waals surface area contributed by atoms with Crippen molar-refractivity contribution in [1.29, 1.82) is 0 Å². The van der Waals surface area contributed by atoms with Crippen LogP contribution in [-0.4, -0.2) is 47.6 Å². The molecule has 0 bridgehead atoms. The highest BCUT2D eigenvalue weighted by Gasteiger charge is 2.52. The third kappa shape index (κ3) is 3.92. The molecule has 10 heteroatoms. The van der Waals surface area contributed by atoms with E-state index in [4.69, 9.17) is 16.6 Å². The number of hydrogen-bond donors (Lipinski definition) is 3. The lowest BCUT2D eigenvalue weighted by Gasteiger charge is -2.36. The SMILES string of the molecule is Cc1c(N)cncc1-c1cc2cc(Nc3cc4n(n3)CC(=O)N(C(C)(C)C)CC43CC3)ncc2c(N)n1. The fourth-order valence-corrected chi connectivity index (χ4v) is 5.20. The Bertz CT molecular complexity index is 1560. The van der Waals surface area contributed by atoms with Gasteiger partial charge in [0.05, 0.1) is 17.6 Å². The Morgan fingerprint density at radius 3 is 2.57 bits per heavy atom. The third-order valence-electron chi connectivity index (χ3n) is 7.56. The monoisotopic (exact) mass is 497 g/mol. The Kier molecular flexibility index (Phi) is 4.95. The summed E-state index contributed by atoms with van der Waals surface area (Å²) in [4.78, 5) is 28.4. The van der Waals surface area contributed by atoms with Gasteiger partial charge in [-0.1, -0.05) is 0 Å². The molecule has 10 nitrogen and oxygen atoms in total. The number of rotatable bonds is 3. The van der Waals surface area contributed by atoms with Crippen molar-refractivity contribution in [3.8, 4) is 11.3 Å². The molecule has 0 saturated heterocycles. The maximum atomic E-state index is 13.1. The lowest BCUT2D eigenvalue weighted by atomic mass is 9.98. The zero-order valence-electron chi connectivity index (χ0n) is 21.5. The average Bonchev–Trinajstić information content (AvgIpc) is 3.53.